The smallest absolute Gasteiger partial charge is 0.143 e. The molecular formula is C22H47AlSi. The quantitative estimate of drug-likeness (QED) is 0.214. The monoisotopic (exact) mass is 366 g/mol. The molecule has 0 aliphatic rings. The van der Waals surface area contributed by atoms with Crippen LogP contribution in [-0.4, -0.2) is 22.2 Å². The molecule has 0 aliphatic carbocycles. The van der Waals surface area contributed by atoms with Gasteiger partial charge in [0, 0.05) is 0 Å². The molecule has 142 valence electrons. The van der Waals surface area contributed by atoms with Crippen LogP contribution < -0.4 is 0 Å². The van der Waals surface area contributed by atoms with Gasteiger partial charge < -0.3 is 0 Å². The van der Waals surface area contributed by atoms with E-state index in [1.54, 1.807) is 0 Å². The molecule has 0 radical (unpaired) electrons. The SMILES string of the molecule is CCCCCC/C=[C](\[Al]([CH2]C(C)C)[CH2]C(C)C)[Si](CC)(CC)CC. The van der Waals surface area contributed by atoms with E-state index in [-0.39, 0.29) is 0 Å². The molecule has 0 N–H and O–H groups in total. The van der Waals surface area contributed by atoms with Crippen LogP contribution in [-0.2, 0) is 0 Å². The summed E-state index contributed by atoms with van der Waals surface area (Å²) in [7, 11) is -1.19. The first kappa shape index (κ1) is 24.5. The minimum absolute atomic E-state index is 0.778. The Balaban J connectivity index is 5.47. The van der Waals surface area contributed by atoms with Crippen molar-refractivity contribution in [2.45, 2.75) is 116 Å². The van der Waals surface area contributed by atoms with Crippen molar-refractivity contribution in [2.24, 2.45) is 11.8 Å². The zero-order chi connectivity index (χ0) is 18.6. The van der Waals surface area contributed by atoms with Gasteiger partial charge in [-0.2, -0.15) is 0 Å². The highest BCUT2D eigenvalue weighted by atomic mass is 28.3. The van der Waals surface area contributed by atoms with E-state index in [0.717, 1.165) is 11.8 Å². The predicted octanol–water partition coefficient (Wildman–Crippen LogP) is 8.28. The van der Waals surface area contributed by atoms with E-state index in [2.05, 4.69) is 65.5 Å². The van der Waals surface area contributed by atoms with Crippen LogP contribution in [0.3, 0.4) is 0 Å². The molecule has 0 spiro atoms. The maximum absolute atomic E-state index is 2.82. The van der Waals surface area contributed by atoms with Crippen molar-refractivity contribution in [3.05, 3.63) is 10.1 Å². The fraction of sp³-hybridized carbons (Fsp3) is 0.909. The third-order valence-corrected chi connectivity index (χ3v) is 18.7. The molecule has 0 heterocycles. The van der Waals surface area contributed by atoms with E-state index in [1.165, 1.54) is 60.8 Å². The van der Waals surface area contributed by atoms with Crippen molar-refractivity contribution in [1.29, 1.82) is 0 Å². The zero-order valence-corrected chi connectivity index (χ0v) is 20.5. The normalized spacial score (nSPS) is 13.2. The third-order valence-electron chi connectivity index (χ3n) is 6.02. The molecule has 0 aliphatic heterocycles. The van der Waals surface area contributed by atoms with Gasteiger partial charge in [-0.3, -0.25) is 0 Å². The average molecular weight is 367 g/mol. The van der Waals surface area contributed by atoms with Gasteiger partial charge in [0.1, 0.15) is 0 Å². The molecule has 24 heavy (non-hydrogen) atoms. The maximum atomic E-state index is 2.82. The zero-order valence-electron chi connectivity index (χ0n) is 18.4. The van der Waals surface area contributed by atoms with E-state index >= 15 is 0 Å². The van der Waals surface area contributed by atoms with Gasteiger partial charge in [-0.15, -0.1) is 10.1 Å². The Labute approximate surface area is 160 Å². The summed E-state index contributed by atoms with van der Waals surface area (Å²) < 4.78 is 2.11. The van der Waals surface area contributed by atoms with Crippen molar-refractivity contribution >= 4 is 22.2 Å². The number of rotatable bonds is 14. The summed E-state index contributed by atoms with van der Waals surface area (Å²) in [6.07, 6.45) is 9.80. The van der Waals surface area contributed by atoms with Crippen molar-refractivity contribution in [1.82, 2.24) is 0 Å². The minimum Gasteiger partial charge on any atom is -0.143 e. The second-order valence-corrected chi connectivity index (χ2v) is 17.6. The molecule has 0 fully saturated rings. The van der Waals surface area contributed by atoms with Crippen LogP contribution in [0.4, 0.5) is 0 Å². The van der Waals surface area contributed by atoms with E-state index in [1.807, 2.05) is 0 Å². The summed E-state index contributed by atoms with van der Waals surface area (Å²) in [5.74, 6) is 1.75. The number of unbranched alkanes of at least 4 members (excludes halogenated alkanes) is 4. The molecule has 0 aromatic carbocycles. The molecule has 0 atom stereocenters. The van der Waals surface area contributed by atoms with E-state index in [4.69, 9.17) is 0 Å². The average Bonchev–Trinajstić information content (AvgIpc) is 2.53. The molecule has 0 saturated carbocycles. The molecule has 0 aromatic rings. The van der Waals surface area contributed by atoms with Crippen molar-refractivity contribution in [2.75, 3.05) is 0 Å². The highest BCUT2D eigenvalue weighted by Crippen LogP contribution is 2.35. The number of hydrogen-bond donors (Lipinski definition) is 0. The summed E-state index contributed by atoms with van der Waals surface area (Å²) in [6, 6.07) is 4.42. The van der Waals surface area contributed by atoms with Gasteiger partial charge in [0.05, 0.1) is 8.07 Å². The van der Waals surface area contributed by atoms with Gasteiger partial charge >= 0.3 is 0 Å². The van der Waals surface area contributed by atoms with E-state index < -0.39 is 22.2 Å². The Morgan fingerprint density at radius 2 is 1.29 bits per heavy atom. The topological polar surface area (TPSA) is 0 Å². The lowest BCUT2D eigenvalue weighted by atomic mass is 10.2. The number of allylic oxidation sites excluding steroid dienone is 1. The highest BCUT2D eigenvalue weighted by Gasteiger charge is 2.38. The molecular weight excluding hydrogens is 319 g/mol. The molecule has 0 nitrogen and oxygen atoms in total. The van der Waals surface area contributed by atoms with Crippen LogP contribution >= 0.6 is 0 Å². The summed E-state index contributed by atoms with van der Waals surface area (Å²) >= 11 is -0.778. The first-order valence-electron chi connectivity index (χ1n) is 11.1. The Morgan fingerprint density at radius 1 is 0.792 bits per heavy atom. The molecule has 0 amide bonds. The summed E-state index contributed by atoms with van der Waals surface area (Å²) in [6.45, 7) is 19.6. The fourth-order valence-electron chi connectivity index (χ4n) is 4.50. The lowest BCUT2D eigenvalue weighted by Gasteiger charge is -2.36. The predicted molar refractivity (Wildman–Crippen MR) is 119 cm³/mol. The summed E-state index contributed by atoms with van der Waals surface area (Å²) in [5, 5.41) is 3.07. The van der Waals surface area contributed by atoms with Crippen LogP contribution in [0.2, 0.25) is 28.7 Å². The largest absolute Gasteiger partial charge is 0.294 e. The third kappa shape index (κ3) is 8.73. The van der Waals surface area contributed by atoms with E-state index in [0.29, 0.717) is 0 Å². The van der Waals surface area contributed by atoms with Gasteiger partial charge in [0.2, 0.25) is 0 Å². The highest BCUT2D eigenvalue weighted by molar-refractivity contribution is 7.00. The first-order valence-corrected chi connectivity index (χ1v) is 15.9. The molecule has 0 bridgehead atoms. The Hall–Kier alpha value is 0.489. The molecule has 0 rings (SSSR count). The van der Waals surface area contributed by atoms with Crippen LogP contribution in [0.15, 0.2) is 10.1 Å². The second kappa shape index (κ2) is 13.7. The lowest BCUT2D eigenvalue weighted by Crippen LogP contribution is -2.42. The van der Waals surface area contributed by atoms with Gasteiger partial charge in [0.25, 0.3) is 14.1 Å². The standard InChI is InChI=1S/C14H29Si.2C4H9.Al/c1-5-9-10-11-12-13-14-15(6-2,7-3)8-4;2*1-4(2)3;/h13H,5-12H2,1-4H3;2*4H,1H2,2-3H3;. The summed E-state index contributed by atoms with van der Waals surface area (Å²) in [5.41, 5.74) is 0. The second-order valence-electron chi connectivity index (χ2n) is 8.81. The number of hydrogen-bond acceptors (Lipinski definition) is 0. The van der Waals surface area contributed by atoms with Crippen LogP contribution in [0.1, 0.15) is 87.5 Å². The Morgan fingerprint density at radius 3 is 1.67 bits per heavy atom. The molecule has 2 heteroatoms. The Kier molecular flexibility index (Phi) is 13.9. The van der Waals surface area contributed by atoms with Gasteiger partial charge in [0.15, 0.2) is 0 Å². The van der Waals surface area contributed by atoms with Crippen LogP contribution in [0, 0.1) is 11.8 Å². The minimum atomic E-state index is -1.19. The fourth-order valence-corrected chi connectivity index (χ4v) is 17.3. The maximum Gasteiger partial charge on any atom is 0.294 e. The first-order chi connectivity index (χ1) is 11.4. The van der Waals surface area contributed by atoms with Gasteiger partial charge in [-0.25, -0.2) is 0 Å². The van der Waals surface area contributed by atoms with Crippen LogP contribution in [0.25, 0.3) is 0 Å². The van der Waals surface area contributed by atoms with Crippen molar-refractivity contribution < 1.29 is 0 Å². The van der Waals surface area contributed by atoms with Crippen LogP contribution in [0.5, 0.6) is 0 Å². The molecule has 0 saturated heterocycles. The van der Waals surface area contributed by atoms with Crippen molar-refractivity contribution in [3.8, 4) is 0 Å². The lowest BCUT2D eigenvalue weighted by molar-refractivity contribution is 0.673. The van der Waals surface area contributed by atoms with Gasteiger partial charge in [-0.1, -0.05) is 115 Å². The molecule has 0 aromatic heterocycles. The summed E-state index contributed by atoms with van der Waals surface area (Å²) in [4.78, 5) is 0. The van der Waals surface area contributed by atoms with Gasteiger partial charge in [-0.05, 0) is 12.8 Å². The van der Waals surface area contributed by atoms with Crippen molar-refractivity contribution in [3.63, 3.8) is 0 Å². The van der Waals surface area contributed by atoms with E-state index in [9.17, 15) is 0 Å². The Bertz CT molecular complexity index is 311. The molecule has 0 unspecified atom stereocenters.